The van der Waals surface area contributed by atoms with Crippen molar-refractivity contribution in [2.24, 2.45) is 0 Å². The zero-order chi connectivity index (χ0) is 15.4. The second kappa shape index (κ2) is 6.17. The van der Waals surface area contributed by atoms with E-state index in [0.717, 1.165) is 5.56 Å². The molecule has 2 aromatic rings. The van der Waals surface area contributed by atoms with Crippen LogP contribution in [0.15, 0.2) is 36.4 Å². The van der Waals surface area contributed by atoms with Crippen LogP contribution in [-0.2, 0) is 0 Å². The molecule has 0 aromatic heterocycles. The van der Waals surface area contributed by atoms with Gasteiger partial charge in [-0.1, -0.05) is 18.2 Å². The highest BCUT2D eigenvalue weighted by molar-refractivity contribution is 5.94. The van der Waals surface area contributed by atoms with E-state index >= 15 is 0 Å². The third-order valence-corrected chi connectivity index (χ3v) is 3.14. The van der Waals surface area contributed by atoms with Gasteiger partial charge in [-0.25, -0.2) is 4.79 Å². The normalized spacial score (nSPS) is 10.0. The summed E-state index contributed by atoms with van der Waals surface area (Å²) in [6, 6.07) is 10.4. The summed E-state index contributed by atoms with van der Waals surface area (Å²) in [4.78, 5) is 11.3. The Kier molecular flexibility index (Phi) is 4.33. The summed E-state index contributed by atoms with van der Waals surface area (Å²) in [7, 11) is 4.56. The van der Waals surface area contributed by atoms with Gasteiger partial charge in [0.2, 0.25) is 0 Å². The molecule has 0 saturated carbocycles. The minimum absolute atomic E-state index is 0.116. The summed E-state index contributed by atoms with van der Waals surface area (Å²) in [5, 5.41) is 9.23. The van der Waals surface area contributed by atoms with Gasteiger partial charge < -0.3 is 19.3 Å². The number of carboxylic acid groups (broad SMARTS) is 1. The molecule has 1 N–H and O–H groups in total. The number of hydrogen-bond acceptors (Lipinski definition) is 4. The Labute approximate surface area is 122 Å². The first kappa shape index (κ1) is 14.7. The number of methoxy groups -OCH3 is 3. The van der Waals surface area contributed by atoms with Crippen LogP contribution in [0.2, 0.25) is 0 Å². The molecule has 0 spiro atoms. The number of benzene rings is 2. The first-order valence-electron chi connectivity index (χ1n) is 6.25. The molecule has 0 fully saturated rings. The van der Waals surface area contributed by atoms with Crippen LogP contribution in [0.1, 0.15) is 10.4 Å². The maximum Gasteiger partial charge on any atom is 0.339 e. The van der Waals surface area contributed by atoms with Crippen molar-refractivity contribution < 1.29 is 24.1 Å². The lowest BCUT2D eigenvalue weighted by Gasteiger charge is -2.13. The third-order valence-electron chi connectivity index (χ3n) is 3.14. The molecule has 2 rings (SSSR count). The Bertz CT molecular complexity index is 664. The Morgan fingerprint density at radius 1 is 0.952 bits per heavy atom. The van der Waals surface area contributed by atoms with Gasteiger partial charge in [-0.2, -0.15) is 0 Å². The highest BCUT2D eigenvalue weighted by Crippen LogP contribution is 2.37. The van der Waals surface area contributed by atoms with Gasteiger partial charge in [0, 0.05) is 5.56 Å². The number of para-hydroxylation sites is 1. The molecule has 0 radical (unpaired) electrons. The number of carbonyl (C=O) groups is 1. The van der Waals surface area contributed by atoms with Gasteiger partial charge in [0.15, 0.2) is 11.5 Å². The number of hydrogen-bond donors (Lipinski definition) is 1. The second-order valence-electron chi connectivity index (χ2n) is 4.26. The van der Waals surface area contributed by atoms with Crippen LogP contribution in [0.5, 0.6) is 17.2 Å². The van der Waals surface area contributed by atoms with Gasteiger partial charge in [0.1, 0.15) is 11.3 Å². The Morgan fingerprint density at radius 3 is 2.24 bits per heavy atom. The monoisotopic (exact) mass is 288 g/mol. The highest BCUT2D eigenvalue weighted by Gasteiger charge is 2.17. The SMILES string of the molecule is COc1ccc(-c2cccc(C(=O)O)c2OC)cc1OC. The van der Waals surface area contributed by atoms with Gasteiger partial charge in [0.25, 0.3) is 0 Å². The standard InChI is InChI=1S/C16H16O5/c1-19-13-8-7-10(9-14(13)20-2)11-5-4-6-12(16(17)18)15(11)21-3/h4-9H,1-3H3,(H,17,18). The maximum atomic E-state index is 11.3. The quantitative estimate of drug-likeness (QED) is 0.916. The lowest BCUT2D eigenvalue weighted by molar-refractivity contribution is 0.0693. The third kappa shape index (κ3) is 2.76. The number of aromatic carboxylic acids is 1. The summed E-state index contributed by atoms with van der Waals surface area (Å²) < 4.78 is 15.7. The van der Waals surface area contributed by atoms with E-state index < -0.39 is 5.97 Å². The average molecular weight is 288 g/mol. The van der Waals surface area contributed by atoms with Crippen LogP contribution in [0.25, 0.3) is 11.1 Å². The van der Waals surface area contributed by atoms with Crippen molar-refractivity contribution >= 4 is 5.97 Å². The van der Waals surface area contributed by atoms with E-state index in [2.05, 4.69) is 0 Å². The summed E-state index contributed by atoms with van der Waals surface area (Å²) >= 11 is 0. The van der Waals surface area contributed by atoms with Crippen LogP contribution < -0.4 is 14.2 Å². The van der Waals surface area contributed by atoms with Gasteiger partial charge in [-0.05, 0) is 23.8 Å². The molecule has 0 aliphatic rings. The van der Waals surface area contributed by atoms with Crippen LogP contribution in [0.3, 0.4) is 0 Å². The molecule has 5 nitrogen and oxygen atoms in total. The minimum Gasteiger partial charge on any atom is -0.495 e. The Balaban J connectivity index is 2.61. The molecule has 2 aromatic carbocycles. The summed E-state index contributed by atoms with van der Waals surface area (Å²) in [6.45, 7) is 0. The van der Waals surface area contributed by atoms with Crippen molar-refractivity contribution in [2.45, 2.75) is 0 Å². The molecular formula is C16H16O5. The van der Waals surface area contributed by atoms with Gasteiger partial charge in [-0.3, -0.25) is 0 Å². The predicted octanol–water partition coefficient (Wildman–Crippen LogP) is 3.08. The molecule has 0 unspecified atom stereocenters. The molecule has 5 heteroatoms. The molecule has 21 heavy (non-hydrogen) atoms. The van der Waals surface area contributed by atoms with E-state index in [1.807, 2.05) is 6.07 Å². The number of carboxylic acids is 1. The fourth-order valence-electron chi connectivity index (χ4n) is 2.16. The summed E-state index contributed by atoms with van der Waals surface area (Å²) in [5.74, 6) is 0.457. The van der Waals surface area contributed by atoms with E-state index in [9.17, 15) is 9.90 Å². The van der Waals surface area contributed by atoms with Crippen molar-refractivity contribution in [2.75, 3.05) is 21.3 Å². The summed E-state index contributed by atoms with van der Waals surface area (Å²) in [5.41, 5.74) is 1.58. The van der Waals surface area contributed by atoms with Gasteiger partial charge in [0.05, 0.1) is 21.3 Å². The zero-order valence-corrected chi connectivity index (χ0v) is 12.0. The Hall–Kier alpha value is -2.69. The van der Waals surface area contributed by atoms with Crippen LogP contribution >= 0.6 is 0 Å². The van der Waals surface area contributed by atoms with Crippen molar-refractivity contribution in [3.63, 3.8) is 0 Å². The van der Waals surface area contributed by atoms with Crippen LogP contribution in [0.4, 0.5) is 0 Å². The van der Waals surface area contributed by atoms with Crippen molar-refractivity contribution in [1.82, 2.24) is 0 Å². The average Bonchev–Trinajstić information content (AvgIpc) is 2.53. The van der Waals surface area contributed by atoms with E-state index in [1.165, 1.54) is 13.2 Å². The molecule has 0 amide bonds. The molecular weight excluding hydrogens is 272 g/mol. The number of ether oxygens (including phenoxy) is 3. The molecule has 0 aliphatic carbocycles. The first-order chi connectivity index (χ1) is 10.1. The van der Waals surface area contributed by atoms with Gasteiger partial charge >= 0.3 is 5.97 Å². The molecule has 0 bridgehead atoms. The van der Waals surface area contributed by atoms with Crippen molar-refractivity contribution in [3.05, 3.63) is 42.0 Å². The van der Waals surface area contributed by atoms with E-state index in [0.29, 0.717) is 22.8 Å². The lowest BCUT2D eigenvalue weighted by Crippen LogP contribution is -2.01. The lowest BCUT2D eigenvalue weighted by atomic mass is 10.0. The maximum absolute atomic E-state index is 11.3. The van der Waals surface area contributed by atoms with E-state index in [-0.39, 0.29) is 5.56 Å². The fourth-order valence-corrected chi connectivity index (χ4v) is 2.16. The topological polar surface area (TPSA) is 65.0 Å². The molecule has 0 saturated heterocycles. The van der Waals surface area contributed by atoms with Gasteiger partial charge in [-0.15, -0.1) is 0 Å². The summed E-state index contributed by atoms with van der Waals surface area (Å²) in [6.07, 6.45) is 0. The van der Waals surface area contributed by atoms with Crippen molar-refractivity contribution in [1.29, 1.82) is 0 Å². The first-order valence-corrected chi connectivity index (χ1v) is 6.25. The zero-order valence-electron chi connectivity index (χ0n) is 12.0. The van der Waals surface area contributed by atoms with Crippen LogP contribution in [-0.4, -0.2) is 32.4 Å². The van der Waals surface area contributed by atoms with E-state index in [4.69, 9.17) is 14.2 Å². The second-order valence-corrected chi connectivity index (χ2v) is 4.26. The fraction of sp³-hybridized carbons (Fsp3) is 0.188. The van der Waals surface area contributed by atoms with Crippen LogP contribution in [0, 0.1) is 0 Å². The Morgan fingerprint density at radius 2 is 1.67 bits per heavy atom. The minimum atomic E-state index is -1.03. The molecule has 110 valence electrons. The predicted molar refractivity (Wildman–Crippen MR) is 78.5 cm³/mol. The number of rotatable bonds is 5. The van der Waals surface area contributed by atoms with Crippen molar-refractivity contribution in [3.8, 4) is 28.4 Å². The van der Waals surface area contributed by atoms with E-state index in [1.54, 1.807) is 38.5 Å². The molecule has 0 heterocycles. The highest BCUT2D eigenvalue weighted by atomic mass is 16.5. The molecule has 0 aliphatic heterocycles. The largest absolute Gasteiger partial charge is 0.495 e. The smallest absolute Gasteiger partial charge is 0.339 e. The molecule has 0 atom stereocenters.